The second-order valence-electron chi connectivity index (χ2n) is 4.31. The third-order valence-corrected chi connectivity index (χ3v) is 3.60. The van der Waals surface area contributed by atoms with Gasteiger partial charge in [0.15, 0.2) is 5.16 Å². The second kappa shape index (κ2) is 6.80. The van der Waals surface area contributed by atoms with E-state index in [1.807, 2.05) is 19.4 Å². The van der Waals surface area contributed by atoms with E-state index in [1.165, 1.54) is 0 Å². The van der Waals surface area contributed by atoms with E-state index in [0.29, 0.717) is 5.92 Å². The fraction of sp³-hybridized carbons (Fsp3) is 0.667. The first-order chi connectivity index (χ1) is 8.81. The maximum absolute atomic E-state index is 5.36. The molecule has 0 saturated carbocycles. The number of anilines is 2. The average molecular weight is 268 g/mol. The lowest BCUT2D eigenvalue weighted by molar-refractivity contribution is 0.0699. The lowest BCUT2D eigenvalue weighted by Gasteiger charge is -2.22. The zero-order valence-electron chi connectivity index (χ0n) is 10.9. The van der Waals surface area contributed by atoms with Crippen molar-refractivity contribution >= 4 is 23.4 Å². The van der Waals surface area contributed by atoms with Crippen LogP contribution in [0.3, 0.4) is 0 Å². The van der Waals surface area contributed by atoms with E-state index >= 15 is 0 Å². The van der Waals surface area contributed by atoms with Gasteiger partial charge in [0.05, 0.1) is 0 Å². The fourth-order valence-electron chi connectivity index (χ4n) is 1.93. The van der Waals surface area contributed by atoms with E-state index < -0.39 is 0 Å². The summed E-state index contributed by atoms with van der Waals surface area (Å²) in [5.74, 6) is 2.43. The van der Waals surface area contributed by atoms with Gasteiger partial charge in [-0.2, -0.15) is 0 Å². The first kappa shape index (κ1) is 13.4. The Morgan fingerprint density at radius 2 is 2.06 bits per heavy atom. The number of nitrogens with zero attached hydrogens (tertiary/aromatic N) is 2. The van der Waals surface area contributed by atoms with Crippen LogP contribution in [0, 0.1) is 5.92 Å². The quantitative estimate of drug-likeness (QED) is 0.630. The molecule has 0 atom stereocenters. The minimum Gasteiger partial charge on any atom is -0.381 e. The van der Waals surface area contributed by atoms with Gasteiger partial charge < -0.3 is 15.4 Å². The Morgan fingerprint density at radius 1 is 1.33 bits per heavy atom. The van der Waals surface area contributed by atoms with Crippen LogP contribution in [0.1, 0.15) is 12.8 Å². The summed E-state index contributed by atoms with van der Waals surface area (Å²) in [5, 5.41) is 7.25. The Morgan fingerprint density at radius 3 is 2.72 bits per heavy atom. The van der Waals surface area contributed by atoms with Crippen molar-refractivity contribution in [1.29, 1.82) is 0 Å². The highest BCUT2D eigenvalue weighted by molar-refractivity contribution is 7.98. The Hall–Kier alpha value is -1.01. The Labute approximate surface area is 112 Å². The average Bonchev–Trinajstić information content (AvgIpc) is 2.45. The smallest absolute Gasteiger partial charge is 0.191 e. The van der Waals surface area contributed by atoms with Crippen molar-refractivity contribution in [3.8, 4) is 0 Å². The Kier molecular flexibility index (Phi) is 5.07. The van der Waals surface area contributed by atoms with Crippen LogP contribution in [0.5, 0.6) is 0 Å². The molecule has 6 heteroatoms. The normalized spacial score (nSPS) is 16.6. The summed E-state index contributed by atoms with van der Waals surface area (Å²) in [7, 11) is 1.87. The van der Waals surface area contributed by atoms with Crippen molar-refractivity contribution in [2.75, 3.05) is 43.7 Å². The number of hydrogen-bond donors (Lipinski definition) is 2. The summed E-state index contributed by atoms with van der Waals surface area (Å²) in [6.07, 6.45) is 4.25. The number of aromatic nitrogens is 2. The molecule has 18 heavy (non-hydrogen) atoms. The highest BCUT2D eigenvalue weighted by Crippen LogP contribution is 2.19. The minimum atomic E-state index is 0.685. The van der Waals surface area contributed by atoms with E-state index in [-0.39, 0.29) is 0 Å². The van der Waals surface area contributed by atoms with Gasteiger partial charge in [-0.3, -0.25) is 0 Å². The van der Waals surface area contributed by atoms with Crippen molar-refractivity contribution in [2.45, 2.75) is 18.0 Å². The van der Waals surface area contributed by atoms with Crippen molar-refractivity contribution in [3.05, 3.63) is 6.07 Å². The summed E-state index contributed by atoms with van der Waals surface area (Å²) in [6, 6.07) is 1.94. The molecule has 0 aliphatic carbocycles. The van der Waals surface area contributed by atoms with Gasteiger partial charge in [-0.25, -0.2) is 9.97 Å². The summed E-state index contributed by atoms with van der Waals surface area (Å²) in [5.41, 5.74) is 0. The van der Waals surface area contributed by atoms with Crippen molar-refractivity contribution in [3.63, 3.8) is 0 Å². The van der Waals surface area contributed by atoms with Crippen LogP contribution in [0.25, 0.3) is 0 Å². The van der Waals surface area contributed by atoms with Gasteiger partial charge in [-0.15, -0.1) is 0 Å². The second-order valence-corrected chi connectivity index (χ2v) is 5.09. The topological polar surface area (TPSA) is 59.1 Å². The van der Waals surface area contributed by atoms with Crippen LogP contribution < -0.4 is 10.6 Å². The fourth-order valence-corrected chi connectivity index (χ4v) is 2.31. The van der Waals surface area contributed by atoms with Gasteiger partial charge in [-0.1, -0.05) is 11.8 Å². The van der Waals surface area contributed by atoms with Gasteiger partial charge in [0.2, 0.25) is 0 Å². The standard InChI is InChI=1S/C12H20N4OS/c1-13-10-7-11(16-12(15-10)18-2)14-8-9-3-5-17-6-4-9/h7,9H,3-6,8H2,1-2H3,(H2,13,14,15,16). The molecular formula is C12H20N4OS. The SMILES string of the molecule is CNc1cc(NCC2CCOCC2)nc(SC)n1. The molecular weight excluding hydrogens is 248 g/mol. The van der Waals surface area contributed by atoms with E-state index in [9.17, 15) is 0 Å². The molecule has 0 spiro atoms. The summed E-state index contributed by atoms with van der Waals surface area (Å²) < 4.78 is 5.36. The summed E-state index contributed by atoms with van der Waals surface area (Å²) in [4.78, 5) is 8.80. The van der Waals surface area contributed by atoms with Crippen LogP contribution in [-0.2, 0) is 4.74 Å². The molecule has 2 N–H and O–H groups in total. The molecule has 1 saturated heterocycles. The van der Waals surface area contributed by atoms with Gasteiger partial charge in [0.1, 0.15) is 11.6 Å². The van der Waals surface area contributed by atoms with Crippen molar-refractivity contribution in [2.24, 2.45) is 5.92 Å². The van der Waals surface area contributed by atoms with Crippen molar-refractivity contribution < 1.29 is 4.74 Å². The highest BCUT2D eigenvalue weighted by atomic mass is 32.2. The Balaban J connectivity index is 1.94. The predicted molar refractivity (Wildman–Crippen MR) is 75.4 cm³/mol. The molecule has 0 aromatic carbocycles. The van der Waals surface area contributed by atoms with Gasteiger partial charge in [0.25, 0.3) is 0 Å². The highest BCUT2D eigenvalue weighted by Gasteiger charge is 2.13. The third kappa shape index (κ3) is 3.74. The molecule has 1 aromatic rings. The summed E-state index contributed by atoms with van der Waals surface area (Å²) >= 11 is 1.55. The largest absolute Gasteiger partial charge is 0.381 e. The molecule has 100 valence electrons. The van der Waals surface area contributed by atoms with Crippen molar-refractivity contribution in [1.82, 2.24) is 9.97 Å². The third-order valence-electron chi connectivity index (χ3n) is 3.06. The monoisotopic (exact) mass is 268 g/mol. The lowest BCUT2D eigenvalue weighted by Crippen LogP contribution is -2.23. The van der Waals surface area contributed by atoms with Gasteiger partial charge in [0, 0.05) is 32.9 Å². The van der Waals surface area contributed by atoms with E-state index in [1.54, 1.807) is 11.8 Å². The lowest BCUT2D eigenvalue weighted by atomic mass is 10.0. The van der Waals surface area contributed by atoms with Crippen LogP contribution >= 0.6 is 11.8 Å². The van der Waals surface area contributed by atoms with Crippen LogP contribution in [0.4, 0.5) is 11.6 Å². The maximum Gasteiger partial charge on any atom is 0.191 e. The molecule has 0 bridgehead atoms. The molecule has 1 fully saturated rings. The minimum absolute atomic E-state index is 0.685. The molecule has 1 aliphatic heterocycles. The first-order valence-corrected chi connectivity index (χ1v) is 7.46. The molecule has 2 heterocycles. The molecule has 0 unspecified atom stereocenters. The number of hydrogen-bond acceptors (Lipinski definition) is 6. The van der Waals surface area contributed by atoms with E-state index in [4.69, 9.17) is 4.74 Å². The molecule has 5 nitrogen and oxygen atoms in total. The van der Waals surface area contributed by atoms with Crippen LogP contribution in [-0.4, -0.2) is 43.0 Å². The maximum atomic E-state index is 5.36. The number of thioether (sulfide) groups is 1. The van der Waals surface area contributed by atoms with E-state index in [0.717, 1.165) is 49.4 Å². The van der Waals surface area contributed by atoms with Gasteiger partial charge in [-0.05, 0) is 25.0 Å². The molecule has 0 radical (unpaired) electrons. The van der Waals surface area contributed by atoms with Gasteiger partial charge >= 0.3 is 0 Å². The molecule has 1 aromatic heterocycles. The molecule has 0 amide bonds. The zero-order valence-corrected chi connectivity index (χ0v) is 11.7. The van der Waals surface area contributed by atoms with E-state index in [2.05, 4.69) is 20.6 Å². The van der Waals surface area contributed by atoms with Crippen LogP contribution in [0.2, 0.25) is 0 Å². The molecule has 2 rings (SSSR count). The molecule has 1 aliphatic rings. The first-order valence-electron chi connectivity index (χ1n) is 6.24. The summed E-state index contributed by atoms with van der Waals surface area (Å²) in [6.45, 7) is 2.72. The number of ether oxygens (including phenoxy) is 1. The zero-order chi connectivity index (χ0) is 12.8. The predicted octanol–water partition coefficient (Wildman–Crippen LogP) is 2.08. The Bertz CT molecular complexity index is 360. The number of nitrogens with one attached hydrogen (secondary N) is 2. The number of rotatable bonds is 5. The van der Waals surface area contributed by atoms with Crippen LogP contribution in [0.15, 0.2) is 11.2 Å².